The van der Waals surface area contributed by atoms with Crippen molar-refractivity contribution in [3.63, 3.8) is 0 Å². The Bertz CT molecular complexity index is 674. The average molecular weight is 317 g/mol. The van der Waals surface area contributed by atoms with Crippen LogP contribution in [0.3, 0.4) is 0 Å². The summed E-state index contributed by atoms with van der Waals surface area (Å²) in [5, 5.41) is 4.81. The summed E-state index contributed by atoms with van der Waals surface area (Å²) in [5.41, 5.74) is 0. The second kappa shape index (κ2) is 6.08. The molecule has 0 fully saturated rings. The Kier molecular flexibility index (Phi) is 4.63. The fourth-order valence-corrected chi connectivity index (χ4v) is 3.98. The molecule has 2 aromatic rings. The predicted molar refractivity (Wildman–Crippen MR) is 81.0 cm³/mol. The van der Waals surface area contributed by atoms with Crippen LogP contribution in [-0.4, -0.2) is 56.9 Å². The first-order valence-corrected chi connectivity index (χ1v) is 8.59. The van der Waals surface area contributed by atoms with E-state index in [0.29, 0.717) is 17.3 Å². The van der Waals surface area contributed by atoms with E-state index in [1.165, 1.54) is 11.3 Å². The van der Waals surface area contributed by atoms with E-state index in [-0.39, 0.29) is 5.03 Å². The van der Waals surface area contributed by atoms with Gasteiger partial charge in [0.1, 0.15) is 0 Å². The summed E-state index contributed by atoms with van der Waals surface area (Å²) in [6, 6.07) is 0. The molecule has 0 radical (unpaired) electrons. The number of fused-ring (bicyclic) bond motifs is 1. The first-order valence-electron chi connectivity index (χ1n) is 6.23. The van der Waals surface area contributed by atoms with E-state index in [4.69, 9.17) is 0 Å². The second-order valence-corrected chi connectivity index (χ2v) is 7.18. The molecule has 0 bridgehead atoms. The Morgan fingerprint density at radius 1 is 1.45 bits per heavy atom. The fourth-order valence-electron chi connectivity index (χ4n) is 1.85. The topological polar surface area (TPSA) is 78.7 Å². The minimum Gasteiger partial charge on any atom is -0.371 e. The summed E-state index contributed by atoms with van der Waals surface area (Å²) in [4.78, 5) is 6.93. The van der Waals surface area contributed by atoms with Crippen molar-refractivity contribution in [3.8, 4) is 0 Å². The fraction of sp³-hybridized carbons (Fsp3) is 0.545. The van der Waals surface area contributed by atoms with Crippen molar-refractivity contribution in [2.75, 3.05) is 39.5 Å². The quantitative estimate of drug-likeness (QED) is 0.734. The molecule has 2 heterocycles. The molecular weight excluding hydrogens is 298 g/mol. The average Bonchev–Trinajstić information content (AvgIpc) is 2.93. The van der Waals surface area contributed by atoms with E-state index >= 15 is 0 Å². The first kappa shape index (κ1) is 15.2. The largest absolute Gasteiger partial charge is 0.371 e. The van der Waals surface area contributed by atoms with Gasteiger partial charge in [0.05, 0.1) is 0 Å². The molecule has 2 aromatic heterocycles. The maximum absolute atomic E-state index is 12.4. The van der Waals surface area contributed by atoms with Crippen LogP contribution in [0.5, 0.6) is 0 Å². The van der Waals surface area contributed by atoms with Crippen molar-refractivity contribution in [3.05, 3.63) is 11.6 Å². The summed E-state index contributed by atoms with van der Waals surface area (Å²) in [6.07, 6.45) is 2.47. The molecule has 112 valence electrons. The van der Waals surface area contributed by atoms with Crippen molar-refractivity contribution in [1.29, 1.82) is 0 Å². The molecule has 0 saturated carbocycles. The van der Waals surface area contributed by atoms with Gasteiger partial charge in [-0.1, -0.05) is 0 Å². The van der Waals surface area contributed by atoms with Crippen LogP contribution in [0, 0.1) is 0 Å². The third-order valence-corrected chi connectivity index (χ3v) is 5.02. The number of nitrogens with zero attached hydrogens (tertiary/aromatic N) is 3. The van der Waals surface area contributed by atoms with Gasteiger partial charge >= 0.3 is 0 Å². The molecule has 0 unspecified atom stereocenters. The van der Waals surface area contributed by atoms with Crippen LogP contribution in [-0.2, 0) is 10.0 Å². The summed E-state index contributed by atoms with van der Waals surface area (Å²) in [7, 11) is 2.00. The maximum Gasteiger partial charge on any atom is 0.260 e. The first-order chi connectivity index (χ1) is 9.45. The van der Waals surface area contributed by atoms with Crippen molar-refractivity contribution in [2.24, 2.45) is 0 Å². The summed E-state index contributed by atoms with van der Waals surface area (Å²) in [5.74, 6) is 0.372. The minimum atomic E-state index is -3.58. The van der Waals surface area contributed by atoms with Crippen LogP contribution in [0.1, 0.15) is 6.42 Å². The maximum atomic E-state index is 12.4. The number of thiazole rings is 1. The highest BCUT2D eigenvalue weighted by Crippen LogP contribution is 2.24. The second-order valence-electron chi connectivity index (χ2n) is 4.63. The monoisotopic (exact) mass is 317 g/mol. The Labute approximate surface area is 122 Å². The van der Waals surface area contributed by atoms with Gasteiger partial charge in [0.2, 0.25) is 0 Å². The van der Waals surface area contributed by atoms with E-state index in [2.05, 4.69) is 15.0 Å². The number of anilines is 1. The number of sulfonamides is 1. The van der Waals surface area contributed by atoms with Gasteiger partial charge in [-0.15, -0.1) is 11.3 Å². The zero-order chi connectivity index (χ0) is 14.8. The number of imidazole rings is 1. The number of hydrogen-bond donors (Lipinski definition) is 2. The highest BCUT2D eigenvalue weighted by molar-refractivity contribution is 7.89. The predicted octanol–water partition coefficient (Wildman–Crippen LogP) is 0.667. The lowest BCUT2D eigenvalue weighted by Gasteiger charge is -2.10. The van der Waals surface area contributed by atoms with Gasteiger partial charge in [0.25, 0.3) is 10.0 Å². The molecule has 0 aliphatic heterocycles. The number of hydrogen-bond acceptors (Lipinski definition) is 6. The van der Waals surface area contributed by atoms with E-state index in [0.717, 1.165) is 13.0 Å². The van der Waals surface area contributed by atoms with Crippen LogP contribution in [0.25, 0.3) is 4.96 Å². The molecule has 0 saturated heterocycles. The Hall–Kier alpha value is -1.16. The van der Waals surface area contributed by atoms with Crippen molar-refractivity contribution < 1.29 is 8.42 Å². The minimum absolute atomic E-state index is 0.168. The molecule has 7 nitrogen and oxygen atoms in total. The summed E-state index contributed by atoms with van der Waals surface area (Å²) < 4.78 is 29.0. The summed E-state index contributed by atoms with van der Waals surface area (Å²) in [6.45, 7) is 1.24. The van der Waals surface area contributed by atoms with Gasteiger partial charge in [-0.05, 0) is 27.1 Å². The highest BCUT2D eigenvalue weighted by Gasteiger charge is 2.24. The third-order valence-electron chi connectivity index (χ3n) is 2.78. The van der Waals surface area contributed by atoms with E-state index < -0.39 is 10.0 Å². The molecule has 9 heteroatoms. The molecule has 0 aliphatic carbocycles. The molecule has 0 aromatic carbocycles. The van der Waals surface area contributed by atoms with Crippen LogP contribution in [0.2, 0.25) is 0 Å². The Morgan fingerprint density at radius 3 is 2.85 bits per heavy atom. The molecular formula is C11H19N5O2S2. The molecule has 0 aliphatic rings. The van der Waals surface area contributed by atoms with Crippen LogP contribution < -0.4 is 10.0 Å². The Balaban J connectivity index is 2.20. The van der Waals surface area contributed by atoms with Gasteiger partial charge in [-0.2, -0.15) is 0 Å². The molecule has 0 atom stereocenters. The lowest BCUT2D eigenvalue weighted by molar-refractivity contribution is 0.400. The van der Waals surface area contributed by atoms with E-state index in [1.807, 2.05) is 24.4 Å². The van der Waals surface area contributed by atoms with Gasteiger partial charge in [0.15, 0.2) is 15.8 Å². The van der Waals surface area contributed by atoms with Gasteiger partial charge in [-0.25, -0.2) is 18.1 Å². The van der Waals surface area contributed by atoms with Crippen LogP contribution in [0.15, 0.2) is 16.6 Å². The zero-order valence-corrected chi connectivity index (χ0v) is 13.4. The highest BCUT2D eigenvalue weighted by atomic mass is 32.2. The molecule has 0 amide bonds. The number of aromatic nitrogens is 2. The van der Waals surface area contributed by atoms with E-state index in [1.54, 1.807) is 17.6 Å². The SMILES string of the molecule is CNc1nc2sccn2c1S(=O)(=O)NCCCN(C)C. The molecule has 20 heavy (non-hydrogen) atoms. The van der Waals surface area contributed by atoms with Crippen LogP contribution >= 0.6 is 11.3 Å². The lowest BCUT2D eigenvalue weighted by Crippen LogP contribution is -2.28. The van der Waals surface area contributed by atoms with E-state index in [9.17, 15) is 8.42 Å². The Morgan fingerprint density at radius 2 is 2.20 bits per heavy atom. The number of rotatable bonds is 7. The standard InChI is InChI=1S/C11H19N5O2S2/c1-12-9-10(16-7-8-19-11(16)14-9)20(17,18)13-5-4-6-15(2)3/h7-8,12-13H,4-6H2,1-3H3. The van der Waals surface area contributed by atoms with Gasteiger partial charge in [0, 0.05) is 25.2 Å². The normalized spacial score (nSPS) is 12.4. The van der Waals surface area contributed by atoms with Gasteiger partial charge < -0.3 is 10.2 Å². The molecule has 2 N–H and O–H groups in total. The molecule has 2 rings (SSSR count). The summed E-state index contributed by atoms with van der Waals surface area (Å²) >= 11 is 1.40. The van der Waals surface area contributed by atoms with Crippen LogP contribution in [0.4, 0.5) is 5.82 Å². The van der Waals surface area contributed by atoms with Crippen molar-refractivity contribution in [2.45, 2.75) is 11.4 Å². The molecule has 0 spiro atoms. The third kappa shape index (κ3) is 3.11. The lowest BCUT2D eigenvalue weighted by atomic mass is 10.4. The zero-order valence-electron chi connectivity index (χ0n) is 11.8. The van der Waals surface area contributed by atoms with Crippen molar-refractivity contribution in [1.82, 2.24) is 19.0 Å². The van der Waals surface area contributed by atoms with Gasteiger partial charge in [-0.3, -0.25) is 4.40 Å². The van der Waals surface area contributed by atoms with Crippen molar-refractivity contribution >= 4 is 32.1 Å². The smallest absolute Gasteiger partial charge is 0.260 e. The number of nitrogens with one attached hydrogen (secondary N) is 2.